The molecule has 1 saturated carbocycles. The van der Waals surface area contributed by atoms with Gasteiger partial charge in [-0.3, -0.25) is 4.79 Å². The van der Waals surface area contributed by atoms with E-state index in [1.807, 2.05) is 18.2 Å². The van der Waals surface area contributed by atoms with Crippen LogP contribution in [0.15, 0.2) is 22.7 Å². The molecule has 1 aromatic rings. The van der Waals surface area contributed by atoms with E-state index in [1.54, 1.807) is 7.11 Å². The molecule has 4 nitrogen and oxygen atoms in total. The summed E-state index contributed by atoms with van der Waals surface area (Å²) in [5, 5.41) is 6.23. The maximum Gasteiger partial charge on any atom is 0.223 e. The van der Waals surface area contributed by atoms with Crippen molar-refractivity contribution in [2.45, 2.75) is 19.4 Å². The van der Waals surface area contributed by atoms with Crippen LogP contribution in [0.5, 0.6) is 5.75 Å². The van der Waals surface area contributed by atoms with Gasteiger partial charge in [0, 0.05) is 25.6 Å². The highest BCUT2D eigenvalue weighted by atomic mass is 79.9. The molecule has 1 aromatic carbocycles. The molecule has 0 heterocycles. The number of hydrogen-bond acceptors (Lipinski definition) is 3. The molecule has 2 rings (SSSR count). The van der Waals surface area contributed by atoms with E-state index in [1.165, 1.54) is 5.56 Å². The molecule has 5 heteroatoms. The number of carbonyl (C=O) groups excluding carboxylic acids is 1. The Bertz CT molecular complexity index is 447. The molecule has 0 atom stereocenters. The molecule has 0 aliphatic heterocycles. The van der Waals surface area contributed by atoms with Crippen molar-refractivity contribution in [3.63, 3.8) is 0 Å². The molecule has 0 radical (unpaired) electrons. The standard InChI is InChI=1S/C14H19BrN2O2/c1-19-13-5-2-10(8-12(13)15)9-16-6-7-17-14(18)11-3-4-11/h2,5,8,11,16H,3-4,6-7,9H2,1H3,(H,17,18). The number of rotatable bonds is 7. The first-order valence-electron chi connectivity index (χ1n) is 6.51. The van der Waals surface area contributed by atoms with Crippen LogP contribution in [0.1, 0.15) is 18.4 Å². The number of amides is 1. The van der Waals surface area contributed by atoms with E-state index in [-0.39, 0.29) is 11.8 Å². The molecule has 2 N–H and O–H groups in total. The van der Waals surface area contributed by atoms with Crippen LogP contribution in [0.4, 0.5) is 0 Å². The summed E-state index contributed by atoms with van der Waals surface area (Å²) in [7, 11) is 1.65. The number of hydrogen-bond donors (Lipinski definition) is 2. The van der Waals surface area contributed by atoms with Crippen LogP contribution in [0.2, 0.25) is 0 Å². The average Bonchev–Trinajstić information content (AvgIpc) is 3.22. The molecular formula is C14H19BrN2O2. The molecule has 0 bridgehead atoms. The molecular weight excluding hydrogens is 308 g/mol. The fourth-order valence-electron chi connectivity index (χ4n) is 1.82. The second kappa shape index (κ2) is 6.91. The number of carbonyl (C=O) groups is 1. The maximum absolute atomic E-state index is 11.4. The summed E-state index contributed by atoms with van der Waals surface area (Å²) in [5.41, 5.74) is 1.18. The van der Waals surface area contributed by atoms with Gasteiger partial charge in [0.25, 0.3) is 0 Å². The second-order valence-electron chi connectivity index (χ2n) is 4.71. The van der Waals surface area contributed by atoms with Crippen molar-refractivity contribution in [1.82, 2.24) is 10.6 Å². The quantitative estimate of drug-likeness (QED) is 0.754. The van der Waals surface area contributed by atoms with E-state index in [4.69, 9.17) is 4.74 Å². The summed E-state index contributed by atoms with van der Waals surface area (Å²) < 4.78 is 6.14. The molecule has 1 fully saturated rings. The van der Waals surface area contributed by atoms with Gasteiger partial charge >= 0.3 is 0 Å². The first kappa shape index (κ1) is 14.3. The number of methoxy groups -OCH3 is 1. The number of benzene rings is 1. The summed E-state index contributed by atoms with van der Waals surface area (Å²) in [4.78, 5) is 11.4. The third-order valence-electron chi connectivity index (χ3n) is 3.09. The van der Waals surface area contributed by atoms with Gasteiger partial charge in [-0.25, -0.2) is 0 Å². The topological polar surface area (TPSA) is 50.4 Å². The molecule has 1 aliphatic carbocycles. The van der Waals surface area contributed by atoms with Crippen LogP contribution in [0.3, 0.4) is 0 Å². The third kappa shape index (κ3) is 4.51. The van der Waals surface area contributed by atoms with Crippen molar-refractivity contribution in [3.05, 3.63) is 28.2 Å². The number of ether oxygens (including phenoxy) is 1. The number of halogens is 1. The fourth-order valence-corrected chi connectivity index (χ4v) is 2.40. The molecule has 0 aromatic heterocycles. The lowest BCUT2D eigenvalue weighted by Gasteiger charge is -2.08. The van der Waals surface area contributed by atoms with Crippen molar-refractivity contribution in [3.8, 4) is 5.75 Å². The first-order chi connectivity index (χ1) is 9.20. The van der Waals surface area contributed by atoms with Crippen molar-refractivity contribution in [1.29, 1.82) is 0 Å². The summed E-state index contributed by atoms with van der Waals surface area (Å²) in [6.07, 6.45) is 2.11. The molecule has 1 aliphatic rings. The maximum atomic E-state index is 11.4. The molecule has 104 valence electrons. The van der Waals surface area contributed by atoms with Gasteiger partial charge < -0.3 is 15.4 Å². The minimum atomic E-state index is 0.203. The van der Waals surface area contributed by atoms with Gasteiger partial charge in [-0.05, 0) is 46.5 Å². The molecule has 0 unspecified atom stereocenters. The highest BCUT2D eigenvalue weighted by Gasteiger charge is 2.28. The zero-order chi connectivity index (χ0) is 13.7. The van der Waals surface area contributed by atoms with Crippen molar-refractivity contribution in [2.75, 3.05) is 20.2 Å². The van der Waals surface area contributed by atoms with Crippen LogP contribution in [-0.4, -0.2) is 26.1 Å². The van der Waals surface area contributed by atoms with Crippen LogP contribution in [-0.2, 0) is 11.3 Å². The number of nitrogens with one attached hydrogen (secondary N) is 2. The van der Waals surface area contributed by atoms with Crippen molar-refractivity contribution in [2.24, 2.45) is 5.92 Å². The Morgan fingerprint density at radius 3 is 2.84 bits per heavy atom. The lowest BCUT2D eigenvalue weighted by molar-refractivity contribution is -0.122. The lowest BCUT2D eigenvalue weighted by Crippen LogP contribution is -2.32. The normalized spacial score (nSPS) is 14.2. The van der Waals surface area contributed by atoms with Gasteiger partial charge in [0.15, 0.2) is 0 Å². The van der Waals surface area contributed by atoms with Gasteiger partial charge in [0.1, 0.15) is 5.75 Å². The Kier molecular flexibility index (Phi) is 5.22. The van der Waals surface area contributed by atoms with Crippen LogP contribution in [0, 0.1) is 5.92 Å². The summed E-state index contributed by atoms with van der Waals surface area (Å²) in [6.45, 7) is 2.25. The summed E-state index contributed by atoms with van der Waals surface area (Å²) in [6, 6.07) is 6.00. The van der Waals surface area contributed by atoms with Gasteiger partial charge in [-0.1, -0.05) is 6.07 Å². The van der Waals surface area contributed by atoms with Gasteiger partial charge in [-0.15, -0.1) is 0 Å². The molecule has 19 heavy (non-hydrogen) atoms. The van der Waals surface area contributed by atoms with Gasteiger partial charge in [-0.2, -0.15) is 0 Å². The molecule has 0 saturated heterocycles. The minimum Gasteiger partial charge on any atom is -0.496 e. The third-order valence-corrected chi connectivity index (χ3v) is 3.71. The van der Waals surface area contributed by atoms with Crippen LogP contribution < -0.4 is 15.4 Å². The first-order valence-corrected chi connectivity index (χ1v) is 7.31. The van der Waals surface area contributed by atoms with Gasteiger partial charge in [0.2, 0.25) is 5.91 Å². The molecule has 1 amide bonds. The lowest BCUT2D eigenvalue weighted by atomic mass is 10.2. The SMILES string of the molecule is COc1ccc(CNCCNC(=O)C2CC2)cc1Br. The Balaban J connectivity index is 1.64. The van der Waals surface area contributed by atoms with E-state index in [2.05, 4.69) is 26.6 Å². The Hall–Kier alpha value is -1.07. The van der Waals surface area contributed by atoms with E-state index in [0.717, 1.165) is 36.2 Å². The van der Waals surface area contributed by atoms with E-state index in [9.17, 15) is 4.79 Å². The van der Waals surface area contributed by atoms with Gasteiger partial charge in [0.05, 0.1) is 11.6 Å². The zero-order valence-corrected chi connectivity index (χ0v) is 12.6. The highest BCUT2D eigenvalue weighted by molar-refractivity contribution is 9.10. The smallest absolute Gasteiger partial charge is 0.223 e. The van der Waals surface area contributed by atoms with E-state index in [0.29, 0.717) is 6.54 Å². The second-order valence-corrected chi connectivity index (χ2v) is 5.57. The average molecular weight is 327 g/mol. The Labute approximate surface area is 122 Å². The summed E-state index contributed by atoms with van der Waals surface area (Å²) >= 11 is 3.46. The predicted octanol–water partition coefficient (Wildman–Crippen LogP) is 2.07. The summed E-state index contributed by atoms with van der Waals surface area (Å²) in [5.74, 6) is 1.33. The van der Waals surface area contributed by atoms with E-state index >= 15 is 0 Å². The predicted molar refractivity (Wildman–Crippen MR) is 78.1 cm³/mol. The fraction of sp³-hybridized carbons (Fsp3) is 0.500. The zero-order valence-electron chi connectivity index (χ0n) is 11.0. The molecule has 0 spiro atoms. The van der Waals surface area contributed by atoms with Crippen molar-refractivity contribution < 1.29 is 9.53 Å². The highest BCUT2D eigenvalue weighted by Crippen LogP contribution is 2.28. The minimum absolute atomic E-state index is 0.203. The van der Waals surface area contributed by atoms with Crippen LogP contribution in [0.25, 0.3) is 0 Å². The van der Waals surface area contributed by atoms with Crippen LogP contribution >= 0.6 is 15.9 Å². The Morgan fingerprint density at radius 1 is 1.42 bits per heavy atom. The largest absolute Gasteiger partial charge is 0.496 e. The van der Waals surface area contributed by atoms with Crippen molar-refractivity contribution >= 4 is 21.8 Å². The van der Waals surface area contributed by atoms with E-state index < -0.39 is 0 Å². The Morgan fingerprint density at radius 2 is 2.21 bits per heavy atom. The monoisotopic (exact) mass is 326 g/mol.